The fourth-order valence-corrected chi connectivity index (χ4v) is 3.89. The van der Waals surface area contributed by atoms with Gasteiger partial charge in [0.1, 0.15) is 5.75 Å². The summed E-state index contributed by atoms with van der Waals surface area (Å²) in [6.07, 6.45) is 2.01. The van der Waals surface area contributed by atoms with Gasteiger partial charge in [0, 0.05) is 20.4 Å². The van der Waals surface area contributed by atoms with Crippen LogP contribution >= 0.6 is 38.5 Å². The average molecular weight is 429 g/mol. The predicted molar refractivity (Wildman–Crippen MR) is 90.2 cm³/mol. The summed E-state index contributed by atoms with van der Waals surface area (Å²) >= 11 is 6.21. The molecule has 2 aromatic rings. The molecule has 0 radical (unpaired) electrons. The number of hydrogen-bond donors (Lipinski definition) is 0. The monoisotopic (exact) mass is 428 g/mol. The SMILES string of the molecule is BrC(Cc1ccccc1)c1cc(I)cc2c1OCC2. The summed E-state index contributed by atoms with van der Waals surface area (Å²) in [4.78, 5) is 0.302. The first-order chi connectivity index (χ1) is 9.24. The van der Waals surface area contributed by atoms with Crippen molar-refractivity contribution in [1.82, 2.24) is 0 Å². The van der Waals surface area contributed by atoms with E-state index in [9.17, 15) is 0 Å². The Labute approximate surface area is 135 Å². The van der Waals surface area contributed by atoms with E-state index in [1.165, 1.54) is 20.3 Å². The number of fused-ring (bicyclic) bond motifs is 1. The van der Waals surface area contributed by atoms with E-state index in [-0.39, 0.29) is 0 Å². The molecule has 1 atom stereocenters. The van der Waals surface area contributed by atoms with Crippen molar-refractivity contribution in [3.8, 4) is 5.75 Å². The van der Waals surface area contributed by atoms with E-state index in [1.54, 1.807) is 0 Å². The Balaban J connectivity index is 1.90. The molecule has 2 aromatic carbocycles. The standard InChI is InChI=1S/C16H14BrIO/c17-15(8-11-4-2-1-3-5-11)14-10-13(18)9-12-6-7-19-16(12)14/h1-5,9-10,15H,6-8H2. The molecule has 1 aliphatic heterocycles. The Morgan fingerprint density at radius 2 is 2.00 bits per heavy atom. The quantitative estimate of drug-likeness (QED) is 0.498. The molecule has 3 heteroatoms. The predicted octanol–water partition coefficient (Wildman–Crippen LogP) is 4.90. The van der Waals surface area contributed by atoms with Crippen molar-refractivity contribution in [1.29, 1.82) is 0 Å². The molecule has 3 rings (SSSR count). The molecule has 1 aliphatic rings. The molecule has 0 N–H and O–H groups in total. The Morgan fingerprint density at radius 1 is 1.21 bits per heavy atom. The maximum absolute atomic E-state index is 5.81. The minimum absolute atomic E-state index is 0.302. The van der Waals surface area contributed by atoms with Crippen molar-refractivity contribution in [2.24, 2.45) is 0 Å². The minimum Gasteiger partial charge on any atom is -0.493 e. The van der Waals surface area contributed by atoms with Gasteiger partial charge in [-0.1, -0.05) is 46.3 Å². The summed E-state index contributed by atoms with van der Waals surface area (Å²) in [5, 5.41) is 0. The van der Waals surface area contributed by atoms with Crippen LogP contribution in [0.25, 0.3) is 0 Å². The van der Waals surface area contributed by atoms with Gasteiger partial charge in [-0.15, -0.1) is 0 Å². The number of alkyl halides is 1. The first kappa shape index (κ1) is 13.4. The van der Waals surface area contributed by atoms with E-state index in [0.29, 0.717) is 4.83 Å². The Hall–Kier alpha value is -0.550. The number of rotatable bonds is 3. The first-order valence-electron chi connectivity index (χ1n) is 6.37. The summed E-state index contributed by atoms with van der Waals surface area (Å²) in [5.41, 5.74) is 3.97. The fourth-order valence-electron chi connectivity index (χ4n) is 2.46. The molecule has 0 saturated heterocycles. The van der Waals surface area contributed by atoms with Crippen LogP contribution in [0.4, 0.5) is 0 Å². The van der Waals surface area contributed by atoms with Gasteiger partial charge in [-0.25, -0.2) is 0 Å². The average Bonchev–Trinajstić information content (AvgIpc) is 2.86. The Morgan fingerprint density at radius 3 is 2.79 bits per heavy atom. The number of hydrogen-bond acceptors (Lipinski definition) is 1. The summed E-state index contributed by atoms with van der Waals surface area (Å²) in [7, 11) is 0. The van der Waals surface area contributed by atoms with Crippen LogP contribution in [0.15, 0.2) is 42.5 Å². The van der Waals surface area contributed by atoms with Gasteiger partial charge >= 0.3 is 0 Å². The molecule has 1 heterocycles. The van der Waals surface area contributed by atoms with Crippen LogP contribution in [-0.4, -0.2) is 6.61 Å². The Kier molecular flexibility index (Phi) is 4.12. The highest BCUT2D eigenvalue weighted by atomic mass is 127. The van der Waals surface area contributed by atoms with Crippen molar-refractivity contribution in [2.45, 2.75) is 17.7 Å². The number of ether oxygens (including phenoxy) is 1. The highest BCUT2D eigenvalue weighted by molar-refractivity contribution is 14.1. The maximum atomic E-state index is 5.81. The second kappa shape index (κ2) is 5.83. The van der Waals surface area contributed by atoms with Gasteiger partial charge in [-0.3, -0.25) is 0 Å². The molecular formula is C16H14BrIO. The van der Waals surface area contributed by atoms with Gasteiger partial charge in [-0.2, -0.15) is 0 Å². The minimum atomic E-state index is 0.302. The molecule has 0 amide bonds. The highest BCUT2D eigenvalue weighted by Gasteiger charge is 2.21. The van der Waals surface area contributed by atoms with E-state index >= 15 is 0 Å². The van der Waals surface area contributed by atoms with Crippen molar-refractivity contribution >= 4 is 38.5 Å². The highest BCUT2D eigenvalue weighted by Crippen LogP contribution is 2.40. The van der Waals surface area contributed by atoms with Gasteiger partial charge in [0.15, 0.2) is 0 Å². The molecule has 0 bridgehead atoms. The lowest BCUT2D eigenvalue weighted by molar-refractivity contribution is 0.353. The maximum Gasteiger partial charge on any atom is 0.127 e. The molecule has 1 nitrogen and oxygen atoms in total. The zero-order valence-electron chi connectivity index (χ0n) is 10.4. The lowest BCUT2D eigenvalue weighted by atomic mass is 10.0. The second-order valence-corrected chi connectivity index (χ2v) is 7.09. The van der Waals surface area contributed by atoms with E-state index in [4.69, 9.17) is 4.74 Å². The van der Waals surface area contributed by atoms with Crippen molar-refractivity contribution in [2.75, 3.05) is 6.61 Å². The van der Waals surface area contributed by atoms with Crippen LogP contribution in [0, 0.1) is 3.57 Å². The van der Waals surface area contributed by atoms with E-state index in [2.05, 4.69) is 81.0 Å². The summed E-state index contributed by atoms with van der Waals surface area (Å²) < 4.78 is 7.10. The van der Waals surface area contributed by atoms with Crippen molar-refractivity contribution < 1.29 is 4.74 Å². The van der Waals surface area contributed by atoms with Gasteiger partial charge in [0.25, 0.3) is 0 Å². The zero-order valence-corrected chi connectivity index (χ0v) is 14.1. The summed E-state index contributed by atoms with van der Waals surface area (Å²) in [5.74, 6) is 1.10. The van der Waals surface area contributed by atoms with Gasteiger partial charge in [0.05, 0.1) is 6.61 Å². The topological polar surface area (TPSA) is 9.23 Å². The molecule has 0 spiro atoms. The van der Waals surface area contributed by atoms with Crippen LogP contribution in [0.2, 0.25) is 0 Å². The van der Waals surface area contributed by atoms with E-state index in [1.807, 2.05) is 0 Å². The van der Waals surface area contributed by atoms with Gasteiger partial charge in [0.2, 0.25) is 0 Å². The lowest BCUT2D eigenvalue weighted by Gasteiger charge is -2.15. The van der Waals surface area contributed by atoms with E-state index < -0.39 is 0 Å². The third-order valence-corrected chi connectivity index (χ3v) is 4.81. The molecule has 0 fully saturated rings. The van der Waals surface area contributed by atoms with Gasteiger partial charge < -0.3 is 4.74 Å². The molecular weight excluding hydrogens is 415 g/mol. The fraction of sp³-hybridized carbons (Fsp3) is 0.250. The normalized spacial score (nSPS) is 14.8. The lowest BCUT2D eigenvalue weighted by Crippen LogP contribution is -1.99. The van der Waals surface area contributed by atoms with Gasteiger partial charge in [-0.05, 0) is 52.3 Å². The number of benzene rings is 2. The molecule has 1 unspecified atom stereocenters. The van der Waals surface area contributed by atoms with Crippen LogP contribution < -0.4 is 4.74 Å². The third kappa shape index (κ3) is 2.97. The zero-order chi connectivity index (χ0) is 13.2. The summed E-state index contributed by atoms with van der Waals surface area (Å²) in [6, 6.07) is 15.0. The smallest absolute Gasteiger partial charge is 0.127 e. The van der Waals surface area contributed by atoms with Crippen molar-refractivity contribution in [3.05, 3.63) is 62.7 Å². The van der Waals surface area contributed by atoms with E-state index in [0.717, 1.165) is 25.2 Å². The van der Waals surface area contributed by atoms with Crippen molar-refractivity contribution in [3.63, 3.8) is 0 Å². The largest absolute Gasteiger partial charge is 0.493 e. The Bertz CT molecular complexity index is 583. The first-order valence-corrected chi connectivity index (χ1v) is 8.36. The molecule has 0 aromatic heterocycles. The van der Waals surface area contributed by atoms with Crippen LogP contribution in [0.1, 0.15) is 21.5 Å². The summed E-state index contributed by atoms with van der Waals surface area (Å²) in [6.45, 7) is 0.813. The number of halogens is 2. The van der Waals surface area contributed by atoms with Crippen LogP contribution in [-0.2, 0) is 12.8 Å². The molecule has 19 heavy (non-hydrogen) atoms. The molecule has 0 aliphatic carbocycles. The van der Waals surface area contributed by atoms with Crippen LogP contribution in [0.3, 0.4) is 0 Å². The molecule has 98 valence electrons. The van der Waals surface area contributed by atoms with Crippen LogP contribution in [0.5, 0.6) is 5.75 Å². The third-order valence-electron chi connectivity index (χ3n) is 3.37. The second-order valence-electron chi connectivity index (χ2n) is 4.74. The molecule has 0 saturated carbocycles.